The van der Waals surface area contributed by atoms with E-state index in [2.05, 4.69) is 76.4 Å². The number of halogens is 1. The van der Waals surface area contributed by atoms with Crippen molar-refractivity contribution in [1.82, 2.24) is 14.9 Å². The van der Waals surface area contributed by atoms with Gasteiger partial charge in [-0.25, -0.2) is 0 Å². The first-order chi connectivity index (χ1) is 12.1. The smallest absolute Gasteiger partial charge is 0.190 e. The van der Waals surface area contributed by atoms with Crippen LogP contribution in [0.5, 0.6) is 0 Å². The van der Waals surface area contributed by atoms with Gasteiger partial charge in [0.25, 0.3) is 0 Å². The Labute approximate surface area is 159 Å². The minimum Gasteiger partial charge on any atom is -0.190 e. The van der Waals surface area contributed by atoms with Crippen LogP contribution in [0.15, 0.2) is 69.3 Å². The molecule has 1 aliphatic rings. The Morgan fingerprint density at radius 3 is 2.60 bits per heavy atom. The van der Waals surface area contributed by atoms with Crippen molar-refractivity contribution in [3.8, 4) is 0 Å². The van der Waals surface area contributed by atoms with Crippen LogP contribution >= 0.6 is 27.7 Å². The van der Waals surface area contributed by atoms with Gasteiger partial charge in [-0.2, -0.15) is 9.78 Å². The fraction of sp³-hybridized carbons (Fsp3) is 0.211. The van der Waals surface area contributed by atoms with Crippen LogP contribution in [0.2, 0.25) is 0 Å². The van der Waals surface area contributed by atoms with Crippen LogP contribution in [-0.2, 0) is 5.41 Å². The van der Waals surface area contributed by atoms with Crippen LogP contribution in [0.25, 0.3) is 0 Å². The van der Waals surface area contributed by atoms with Gasteiger partial charge in [-0.3, -0.25) is 0 Å². The van der Waals surface area contributed by atoms with E-state index in [0.717, 1.165) is 32.5 Å². The van der Waals surface area contributed by atoms with Crippen LogP contribution in [0, 0.1) is 0 Å². The first-order valence-electron chi connectivity index (χ1n) is 8.04. The molecule has 1 aromatic heterocycles. The van der Waals surface area contributed by atoms with Gasteiger partial charge in [-0.05, 0) is 37.1 Å². The summed E-state index contributed by atoms with van der Waals surface area (Å²) in [7, 11) is 0. The fourth-order valence-electron chi connectivity index (χ4n) is 2.91. The number of thioether (sulfide) groups is 1. The molecule has 0 saturated heterocycles. The minimum absolute atomic E-state index is 0.281. The maximum Gasteiger partial charge on any atom is 0.212 e. The Morgan fingerprint density at radius 1 is 1.04 bits per heavy atom. The zero-order chi connectivity index (χ0) is 17.4. The van der Waals surface area contributed by atoms with Gasteiger partial charge in [-0.15, -0.1) is 10.2 Å². The summed E-state index contributed by atoms with van der Waals surface area (Å²) in [6, 6.07) is 18.6. The predicted molar refractivity (Wildman–Crippen MR) is 105 cm³/mol. The van der Waals surface area contributed by atoms with Gasteiger partial charge in [0.1, 0.15) is 0 Å². The maximum atomic E-state index is 4.88. The highest BCUT2D eigenvalue weighted by atomic mass is 79.9. The molecule has 126 valence electrons. The van der Waals surface area contributed by atoms with Crippen molar-refractivity contribution in [2.75, 3.05) is 5.75 Å². The van der Waals surface area contributed by atoms with Gasteiger partial charge in [-0.1, -0.05) is 70.2 Å². The van der Waals surface area contributed by atoms with Gasteiger partial charge in [0.15, 0.2) is 5.82 Å². The zero-order valence-electron chi connectivity index (χ0n) is 14.0. The van der Waals surface area contributed by atoms with Gasteiger partial charge in [0.2, 0.25) is 5.16 Å². The number of rotatable bonds is 3. The first kappa shape index (κ1) is 16.5. The molecular weight excluding hydrogens is 396 g/mol. The summed E-state index contributed by atoms with van der Waals surface area (Å²) in [6.07, 6.45) is 0. The summed E-state index contributed by atoms with van der Waals surface area (Å²) in [5.74, 6) is 1.65. The molecule has 0 fully saturated rings. The van der Waals surface area contributed by atoms with Crippen molar-refractivity contribution in [3.05, 3.63) is 76.0 Å². The van der Waals surface area contributed by atoms with Gasteiger partial charge in [0, 0.05) is 10.2 Å². The third-order valence-electron chi connectivity index (χ3n) is 4.38. The second-order valence-electron chi connectivity index (χ2n) is 6.45. The van der Waals surface area contributed by atoms with E-state index in [1.165, 1.54) is 5.56 Å². The highest BCUT2D eigenvalue weighted by Crippen LogP contribution is 2.34. The Bertz CT molecular complexity index is 947. The minimum atomic E-state index is -0.281. The van der Waals surface area contributed by atoms with Crippen LogP contribution in [0.4, 0.5) is 0 Å². The second kappa shape index (κ2) is 6.42. The molecule has 6 heteroatoms. The van der Waals surface area contributed by atoms with E-state index in [1.807, 2.05) is 22.9 Å². The van der Waals surface area contributed by atoms with Crippen molar-refractivity contribution >= 4 is 33.4 Å². The number of hydrogen-bond acceptors (Lipinski definition) is 4. The van der Waals surface area contributed by atoms with E-state index in [9.17, 15) is 0 Å². The fourth-order valence-corrected chi connectivity index (χ4v) is 4.15. The lowest BCUT2D eigenvalue weighted by atomic mass is 9.84. The molecule has 2 heterocycles. The number of nitrogens with zero attached hydrogens (tertiary/aromatic N) is 4. The molecule has 0 aliphatic carbocycles. The molecule has 25 heavy (non-hydrogen) atoms. The Balaban J connectivity index is 1.80. The normalized spacial score (nSPS) is 14.1. The van der Waals surface area contributed by atoms with Crippen molar-refractivity contribution < 1.29 is 0 Å². The molecule has 0 spiro atoms. The average molecular weight is 413 g/mol. The van der Waals surface area contributed by atoms with Crippen molar-refractivity contribution in [2.24, 2.45) is 5.10 Å². The largest absolute Gasteiger partial charge is 0.212 e. The van der Waals surface area contributed by atoms with Crippen LogP contribution in [-0.4, -0.2) is 26.3 Å². The Morgan fingerprint density at radius 2 is 1.84 bits per heavy atom. The molecule has 0 saturated carbocycles. The standard InChI is InChI=1S/C19H17BrN4S/c1-19(2,14-8-4-3-5-9-14)17-21-22-18-24(17)23-16(12-25-18)13-7-6-10-15(20)11-13/h3-11H,12H2,1-2H3. The summed E-state index contributed by atoms with van der Waals surface area (Å²) in [4.78, 5) is 0. The lowest BCUT2D eigenvalue weighted by Crippen LogP contribution is -2.25. The maximum absolute atomic E-state index is 4.88. The molecule has 4 rings (SSSR count). The molecule has 1 aliphatic heterocycles. The average Bonchev–Trinajstić information content (AvgIpc) is 3.06. The summed E-state index contributed by atoms with van der Waals surface area (Å²) in [5.41, 5.74) is 3.06. The molecule has 0 bridgehead atoms. The highest BCUT2D eigenvalue weighted by Gasteiger charge is 2.32. The molecule has 4 nitrogen and oxygen atoms in total. The monoisotopic (exact) mass is 412 g/mol. The Kier molecular flexibility index (Phi) is 4.25. The van der Waals surface area contributed by atoms with Crippen LogP contribution in [0.1, 0.15) is 30.8 Å². The van der Waals surface area contributed by atoms with E-state index >= 15 is 0 Å². The van der Waals surface area contributed by atoms with E-state index in [4.69, 9.17) is 5.10 Å². The van der Waals surface area contributed by atoms with Gasteiger partial charge < -0.3 is 0 Å². The molecule has 2 aromatic carbocycles. The number of aromatic nitrogens is 3. The SMILES string of the molecule is CC(C)(c1ccccc1)c1nnc2n1N=C(c1cccc(Br)c1)CS2. The third kappa shape index (κ3) is 3.04. The molecule has 0 radical (unpaired) electrons. The van der Waals surface area contributed by atoms with E-state index in [1.54, 1.807) is 11.8 Å². The lowest BCUT2D eigenvalue weighted by Gasteiger charge is -2.25. The third-order valence-corrected chi connectivity index (χ3v) is 5.81. The number of hydrogen-bond donors (Lipinski definition) is 0. The first-order valence-corrected chi connectivity index (χ1v) is 9.81. The molecule has 0 N–H and O–H groups in total. The molecule has 0 unspecified atom stereocenters. The van der Waals surface area contributed by atoms with E-state index < -0.39 is 0 Å². The number of benzene rings is 2. The van der Waals surface area contributed by atoms with Crippen molar-refractivity contribution in [2.45, 2.75) is 24.4 Å². The topological polar surface area (TPSA) is 43.1 Å². The molecule has 0 amide bonds. The van der Waals surface area contributed by atoms with Crippen molar-refractivity contribution in [1.29, 1.82) is 0 Å². The quantitative estimate of drug-likeness (QED) is 0.624. The second-order valence-corrected chi connectivity index (χ2v) is 8.31. The van der Waals surface area contributed by atoms with Gasteiger partial charge >= 0.3 is 0 Å². The summed E-state index contributed by atoms with van der Waals surface area (Å²) in [6.45, 7) is 4.32. The van der Waals surface area contributed by atoms with Crippen molar-refractivity contribution in [3.63, 3.8) is 0 Å². The van der Waals surface area contributed by atoms with E-state index in [0.29, 0.717) is 0 Å². The van der Waals surface area contributed by atoms with Gasteiger partial charge in [0.05, 0.1) is 11.1 Å². The van der Waals surface area contributed by atoms with Crippen LogP contribution in [0.3, 0.4) is 0 Å². The zero-order valence-corrected chi connectivity index (χ0v) is 16.4. The summed E-state index contributed by atoms with van der Waals surface area (Å²) < 4.78 is 2.95. The molecule has 0 atom stereocenters. The molecule has 3 aromatic rings. The van der Waals surface area contributed by atoms with E-state index in [-0.39, 0.29) is 5.41 Å². The van der Waals surface area contributed by atoms with Crippen LogP contribution < -0.4 is 0 Å². The lowest BCUT2D eigenvalue weighted by molar-refractivity contribution is 0.545. The summed E-state index contributed by atoms with van der Waals surface area (Å²) >= 11 is 5.21. The molecular formula is C19H17BrN4S. The number of fused-ring (bicyclic) bond motifs is 1. The summed E-state index contributed by atoms with van der Waals surface area (Å²) in [5, 5.41) is 14.5. The Hall–Kier alpha value is -1.92. The highest BCUT2D eigenvalue weighted by molar-refractivity contribution is 9.10. The predicted octanol–water partition coefficient (Wildman–Crippen LogP) is 4.72.